The second kappa shape index (κ2) is 6.03. The van der Waals surface area contributed by atoms with Crippen LogP contribution in [0.25, 0.3) is 5.76 Å². The van der Waals surface area contributed by atoms with Crippen molar-refractivity contribution >= 4 is 17.2 Å². The smallest absolute Gasteiger partial charge is 0.269 e. The Morgan fingerprint density at radius 3 is 2.52 bits per heavy atom. The molecule has 0 bridgehead atoms. The van der Waals surface area contributed by atoms with Crippen LogP contribution in [0.4, 0.5) is 5.69 Å². The van der Waals surface area contributed by atoms with E-state index in [1.54, 1.807) is 12.1 Å². The van der Waals surface area contributed by atoms with Crippen molar-refractivity contribution in [2.45, 2.75) is 25.0 Å². The minimum Gasteiger partial charge on any atom is -0.463 e. The summed E-state index contributed by atoms with van der Waals surface area (Å²) in [6.07, 6.45) is 1.38. The molecule has 2 aliphatic heterocycles. The first kappa shape index (κ1) is 16.2. The van der Waals surface area contributed by atoms with Gasteiger partial charge in [0.05, 0.1) is 17.1 Å². The van der Waals surface area contributed by atoms with Crippen molar-refractivity contribution in [1.82, 2.24) is 0 Å². The molecular formula is C21H17NO5. The van der Waals surface area contributed by atoms with Crippen molar-refractivity contribution < 1.29 is 19.2 Å². The Labute approximate surface area is 155 Å². The molecule has 0 spiro atoms. The number of non-ortho nitro benzene ring substituents is 1. The summed E-state index contributed by atoms with van der Waals surface area (Å²) in [6.45, 7) is 0.631. The fraction of sp³-hybridized carbons (Fsp3) is 0.286. The van der Waals surface area contributed by atoms with Gasteiger partial charge in [0, 0.05) is 35.1 Å². The zero-order valence-electron chi connectivity index (χ0n) is 14.5. The number of carbonyl (C=O) groups excluding carboxylic acids is 1. The fourth-order valence-electron chi connectivity index (χ4n) is 4.45. The van der Waals surface area contributed by atoms with E-state index in [9.17, 15) is 14.9 Å². The molecule has 0 N–H and O–H groups in total. The molecule has 0 aromatic heterocycles. The zero-order valence-corrected chi connectivity index (χ0v) is 14.5. The fourth-order valence-corrected chi connectivity index (χ4v) is 4.45. The molecule has 0 amide bonds. The summed E-state index contributed by atoms with van der Waals surface area (Å²) in [5, 5.41) is 11.0. The molecule has 1 fully saturated rings. The Kier molecular flexibility index (Phi) is 3.62. The third kappa shape index (κ3) is 2.40. The largest absolute Gasteiger partial charge is 0.463 e. The summed E-state index contributed by atoms with van der Waals surface area (Å²) in [5.74, 6) is 0.395. The average molecular weight is 363 g/mol. The molecule has 27 heavy (non-hydrogen) atoms. The maximum Gasteiger partial charge on any atom is 0.269 e. The number of nitro groups is 1. The highest BCUT2D eigenvalue weighted by atomic mass is 16.7. The maximum atomic E-state index is 13.2. The molecule has 1 aliphatic carbocycles. The summed E-state index contributed by atoms with van der Waals surface area (Å²) in [4.78, 5) is 23.8. The van der Waals surface area contributed by atoms with Gasteiger partial charge in [0.1, 0.15) is 5.76 Å². The lowest BCUT2D eigenvalue weighted by atomic mass is 9.74. The number of ketones is 1. The number of hydrogen-bond acceptors (Lipinski definition) is 5. The van der Waals surface area contributed by atoms with Gasteiger partial charge in [-0.05, 0) is 18.4 Å². The molecule has 2 heterocycles. The lowest BCUT2D eigenvalue weighted by Gasteiger charge is -2.41. The third-order valence-corrected chi connectivity index (χ3v) is 5.66. The van der Waals surface area contributed by atoms with Crippen LogP contribution in [0.15, 0.2) is 54.1 Å². The van der Waals surface area contributed by atoms with Crippen LogP contribution in [0.1, 0.15) is 40.2 Å². The number of nitro benzene ring substituents is 1. The number of carbonyl (C=O) groups is 1. The van der Waals surface area contributed by atoms with Crippen LogP contribution >= 0.6 is 0 Å². The summed E-state index contributed by atoms with van der Waals surface area (Å²) in [6, 6.07) is 13.9. The highest BCUT2D eigenvalue weighted by molar-refractivity contribution is 6.20. The molecule has 6 heteroatoms. The van der Waals surface area contributed by atoms with Gasteiger partial charge in [-0.3, -0.25) is 14.9 Å². The molecule has 1 saturated heterocycles. The van der Waals surface area contributed by atoms with E-state index in [4.69, 9.17) is 9.47 Å². The first-order chi connectivity index (χ1) is 13.1. The number of Topliss-reactive ketones (excluding diaryl/α,β-unsaturated/α-hetero) is 1. The van der Waals surface area contributed by atoms with Gasteiger partial charge in [0.25, 0.3) is 5.69 Å². The molecule has 0 saturated carbocycles. The molecule has 5 rings (SSSR count). The van der Waals surface area contributed by atoms with Gasteiger partial charge in [-0.2, -0.15) is 0 Å². The van der Waals surface area contributed by atoms with Crippen molar-refractivity contribution in [3.8, 4) is 0 Å². The zero-order chi connectivity index (χ0) is 18.5. The monoisotopic (exact) mass is 363 g/mol. The van der Waals surface area contributed by atoms with E-state index in [-0.39, 0.29) is 23.3 Å². The van der Waals surface area contributed by atoms with Crippen LogP contribution in [0, 0.1) is 16.0 Å². The van der Waals surface area contributed by atoms with Crippen molar-refractivity contribution in [2.24, 2.45) is 5.92 Å². The summed E-state index contributed by atoms with van der Waals surface area (Å²) in [7, 11) is 0. The molecule has 6 nitrogen and oxygen atoms in total. The van der Waals surface area contributed by atoms with Crippen LogP contribution in [-0.4, -0.2) is 23.6 Å². The number of benzene rings is 2. The Morgan fingerprint density at radius 2 is 1.78 bits per heavy atom. The highest BCUT2D eigenvalue weighted by Crippen LogP contribution is 2.52. The topological polar surface area (TPSA) is 78.7 Å². The second-order valence-electron chi connectivity index (χ2n) is 7.11. The molecule has 2 aromatic carbocycles. The standard InChI is InChI=1S/C21H17NO5/c23-19-14-4-1-2-5-15(14)20-18(19)17(16-6-3-11-26-21(16)27-20)12-7-9-13(10-8-12)22(24)25/h1-2,4-5,7-10,16-17,21H,3,6,11H2/t16-,17-,21+/m1/s1. The SMILES string of the molecule is O=C1C2=C(O[C@@H]3OCCC[C@@H]3[C@H]2c2ccc([N+](=O)[O-])cc2)c2ccccc21. The van der Waals surface area contributed by atoms with Gasteiger partial charge < -0.3 is 9.47 Å². The Bertz CT molecular complexity index is 978. The van der Waals surface area contributed by atoms with E-state index >= 15 is 0 Å². The van der Waals surface area contributed by atoms with Gasteiger partial charge in [0.2, 0.25) is 6.29 Å². The quantitative estimate of drug-likeness (QED) is 0.594. The Balaban J connectivity index is 1.66. The number of allylic oxidation sites excluding steroid dienone is 1. The van der Waals surface area contributed by atoms with Crippen LogP contribution in [0.5, 0.6) is 0 Å². The van der Waals surface area contributed by atoms with Crippen LogP contribution in [0.3, 0.4) is 0 Å². The second-order valence-corrected chi connectivity index (χ2v) is 7.11. The van der Waals surface area contributed by atoms with Crippen molar-refractivity contribution in [1.29, 1.82) is 0 Å². The van der Waals surface area contributed by atoms with E-state index in [1.165, 1.54) is 12.1 Å². The first-order valence-electron chi connectivity index (χ1n) is 9.06. The van der Waals surface area contributed by atoms with Gasteiger partial charge in [0.15, 0.2) is 5.78 Å². The Hall–Kier alpha value is -2.99. The van der Waals surface area contributed by atoms with Crippen molar-refractivity contribution in [3.63, 3.8) is 0 Å². The summed E-state index contributed by atoms with van der Waals surface area (Å²) >= 11 is 0. The molecular weight excluding hydrogens is 346 g/mol. The lowest BCUT2D eigenvalue weighted by Crippen LogP contribution is -2.40. The molecule has 136 valence electrons. The normalized spacial score (nSPS) is 26.1. The van der Waals surface area contributed by atoms with Gasteiger partial charge in [-0.25, -0.2) is 0 Å². The van der Waals surface area contributed by atoms with Crippen LogP contribution in [0.2, 0.25) is 0 Å². The molecule has 3 atom stereocenters. The van der Waals surface area contributed by atoms with Gasteiger partial charge >= 0.3 is 0 Å². The lowest BCUT2D eigenvalue weighted by molar-refractivity contribution is -0.384. The van der Waals surface area contributed by atoms with Crippen LogP contribution < -0.4 is 0 Å². The van der Waals surface area contributed by atoms with Crippen molar-refractivity contribution in [3.05, 3.63) is 80.9 Å². The highest BCUT2D eigenvalue weighted by Gasteiger charge is 2.48. The van der Waals surface area contributed by atoms with Gasteiger partial charge in [-0.1, -0.05) is 36.4 Å². The first-order valence-corrected chi connectivity index (χ1v) is 9.06. The van der Waals surface area contributed by atoms with E-state index in [2.05, 4.69) is 0 Å². The summed E-state index contributed by atoms with van der Waals surface area (Å²) in [5.41, 5.74) is 3.03. The van der Waals surface area contributed by atoms with Gasteiger partial charge in [-0.15, -0.1) is 0 Å². The van der Waals surface area contributed by atoms with E-state index < -0.39 is 11.2 Å². The van der Waals surface area contributed by atoms with E-state index in [1.807, 2.05) is 24.3 Å². The minimum absolute atomic E-state index is 0.0113. The molecule has 0 radical (unpaired) electrons. The number of rotatable bonds is 2. The summed E-state index contributed by atoms with van der Waals surface area (Å²) < 4.78 is 12.0. The number of hydrogen-bond donors (Lipinski definition) is 0. The van der Waals surface area contributed by atoms with E-state index in [0.717, 1.165) is 24.0 Å². The molecule has 2 aromatic rings. The number of ether oxygens (including phenoxy) is 2. The molecule has 0 unspecified atom stereocenters. The van der Waals surface area contributed by atoms with Crippen LogP contribution in [-0.2, 0) is 9.47 Å². The Morgan fingerprint density at radius 1 is 1.04 bits per heavy atom. The van der Waals surface area contributed by atoms with Crippen molar-refractivity contribution in [2.75, 3.05) is 6.61 Å². The third-order valence-electron chi connectivity index (χ3n) is 5.66. The number of nitrogens with zero attached hydrogens (tertiary/aromatic N) is 1. The maximum absolute atomic E-state index is 13.2. The number of fused-ring (bicyclic) bond motifs is 3. The minimum atomic E-state index is -0.415. The molecule has 3 aliphatic rings. The van der Waals surface area contributed by atoms with E-state index in [0.29, 0.717) is 23.5 Å². The average Bonchev–Trinajstić information content (AvgIpc) is 2.99. The predicted molar refractivity (Wildman–Crippen MR) is 97.1 cm³/mol. The predicted octanol–water partition coefficient (Wildman–Crippen LogP) is 4.07.